The van der Waals surface area contributed by atoms with Gasteiger partial charge in [-0.15, -0.1) is 0 Å². The van der Waals surface area contributed by atoms with Crippen molar-refractivity contribution in [3.05, 3.63) is 33.8 Å². The van der Waals surface area contributed by atoms with Crippen molar-refractivity contribution in [3.8, 4) is 0 Å². The Labute approximate surface area is 67.2 Å². The Kier molecular flexibility index (Phi) is 1.17. The van der Waals surface area contributed by atoms with E-state index in [4.69, 9.17) is 0 Å². The number of hydrogen-bond acceptors (Lipinski definition) is 1. The first-order chi connectivity index (χ1) is 4.79. The van der Waals surface area contributed by atoms with Crippen molar-refractivity contribution in [1.82, 2.24) is 0 Å². The molecule has 0 unspecified atom stereocenters. The summed E-state index contributed by atoms with van der Waals surface area (Å²) in [4.78, 5) is 10.9. The predicted octanol–water partition coefficient (Wildman–Crippen LogP) is 2.19. The van der Waals surface area contributed by atoms with Gasteiger partial charge in [-0.2, -0.15) is 0 Å². The van der Waals surface area contributed by atoms with E-state index in [0.29, 0.717) is 6.42 Å². The number of carbonyl (C=O) groups is 1. The molecule has 10 heavy (non-hydrogen) atoms. The zero-order chi connectivity index (χ0) is 7.14. The van der Waals surface area contributed by atoms with Crippen LogP contribution in [0.4, 0.5) is 0 Å². The van der Waals surface area contributed by atoms with Gasteiger partial charge >= 0.3 is 0 Å². The van der Waals surface area contributed by atoms with Gasteiger partial charge < -0.3 is 0 Å². The first-order valence-corrected chi connectivity index (χ1v) is 3.89. The molecule has 0 atom stereocenters. The molecule has 0 radical (unpaired) electrons. The summed E-state index contributed by atoms with van der Waals surface area (Å²) in [6.07, 6.45) is 0.608. The number of benzene rings is 1. The Balaban J connectivity index is 2.66. The third kappa shape index (κ3) is 0.655. The van der Waals surface area contributed by atoms with E-state index in [-0.39, 0.29) is 5.78 Å². The molecular formula is C8H5BrO. The summed E-state index contributed by atoms with van der Waals surface area (Å²) in [5, 5.41) is 0. The molecule has 1 aromatic carbocycles. The van der Waals surface area contributed by atoms with Gasteiger partial charge in [0.05, 0.1) is 0 Å². The number of hydrogen-bond donors (Lipinski definition) is 0. The molecule has 0 heterocycles. The van der Waals surface area contributed by atoms with Crippen molar-refractivity contribution in [2.75, 3.05) is 0 Å². The fraction of sp³-hybridized carbons (Fsp3) is 0.125. The highest BCUT2D eigenvalue weighted by Crippen LogP contribution is 2.29. The van der Waals surface area contributed by atoms with Crippen molar-refractivity contribution in [2.24, 2.45) is 0 Å². The lowest BCUT2D eigenvalue weighted by atomic mass is 9.87. The van der Waals surface area contributed by atoms with Gasteiger partial charge in [-0.05, 0) is 11.6 Å². The van der Waals surface area contributed by atoms with Crippen LogP contribution in [0.25, 0.3) is 0 Å². The number of carbonyl (C=O) groups excluding carboxylic acids is 1. The highest BCUT2D eigenvalue weighted by molar-refractivity contribution is 9.10. The minimum Gasteiger partial charge on any atom is -0.294 e. The predicted molar refractivity (Wildman–Crippen MR) is 42.2 cm³/mol. The van der Waals surface area contributed by atoms with Crippen molar-refractivity contribution in [3.63, 3.8) is 0 Å². The van der Waals surface area contributed by atoms with E-state index in [1.54, 1.807) is 0 Å². The van der Waals surface area contributed by atoms with E-state index in [1.165, 1.54) is 0 Å². The Morgan fingerprint density at radius 1 is 1.40 bits per heavy atom. The summed E-state index contributed by atoms with van der Waals surface area (Å²) in [6, 6.07) is 5.72. The van der Waals surface area contributed by atoms with Gasteiger partial charge in [-0.3, -0.25) is 4.79 Å². The first kappa shape index (κ1) is 6.10. The van der Waals surface area contributed by atoms with Crippen LogP contribution in [0.2, 0.25) is 0 Å². The minimum absolute atomic E-state index is 0.260. The van der Waals surface area contributed by atoms with Crippen LogP contribution in [0, 0.1) is 0 Å². The molecular weight excluding hydrogens is 192 g/mol. The number of ketones is 1. The van der Waals surface area contributed by atoms with Crippen molar-refractivity contribution < 1.29 is 4.79 Å². The molecule has 0 aliphatic heterocycles. The molecule has 1 aromatic rings. The van der Waals surface area contributed by atoms with E-state index in [2.05, 4.69) is 15.9 Å². The molecule has 0 bridgehead atoms. The van der Waals surface area contributed by atoms with Crippen LogP contribution in [0.15, 0.2) is 22.7 Å². The monoisotopic (exact) mass is 196 g/mol. The normalized spacial score (nSPS) is 14.3. The van der Waals surface area contributed by atoms with Gasteiger partial charge in [0.15, 0.2) is 5.78 Å². The number of rotatable bonds is 0. The summed E-state index contributed by atoms with van der Waals surface area (Å²) in [5.41, 5.74) is 2.04. The lowest BCUT2D eigenvalue weighted by Crippen LogP contribution is -2.18. The average Bonchev–Trinajstić information content (AvgIpc) is 1.91. The zero-order valence-corrected chi connectivity index (χ0v) is 6.81. The second-order valence-electron chi connectivity index (χ2n) is 2.37. The molecule has 0 aromatic heterocycles. The summed E-state index contributed by atoms with van der Waals surface area (Å²) in [6.45, 7) is 0. The Bertz CT molecular complexity index is 304. The van der Waals surface area contributed by atoms with Gasteiger partial charge in [0.2, 0.25) is 0 Å². The van der Waals surface area contributed by atoms with E-state index in [1.807, 2.05) is 18.2 Å². The van der Waals surface area contributed by atoms with Crippen LogP contribution < -0.4 is 0 Å². The fourth-order valence-corrected chi connectivity index (χ4v) is 1.66. The van der Waals surface area contributed by atoms with Crippen LogP contribution in [-0.2, 0) is 6.42 Å². The molecule has 50 valence electrons. The van der Waals surface area contributed by atoms with Gasteiger partial charge in [-0.25, -0.2) is 0 Å². The van der Waals surface area contributed by atoms with E-state index < -0.39 is 0 Å². The largest absolute Gasteiger partial charge is 0.294 e. The molecule has 0 amide bonds. The number of Topliss-reactive ketones (excluding diaryl/α,β-unsaturated/α-hetero) is 1. The average molecular weight is 197 g/mol. The SMILES string of the molecule is O=C1Cc2c(Br)cccc21. The maximum atomic E-state index is 10.9. The second kappa shape index (κ2) is 1.92. The second-order valence-corrected chi connectivity index (χ2v) is 3.22. The maximum Gasteiger partial charge on any atom is 0.167 e. The highest BCUT2D eigenvalue weighted by atomic mass is 79.9. The van der Waals surface area contributed by atoms with Gasteiger partial charge in [0.1, 0.15) is 0 Å². The van der Waals surface area contributed by atoms with Gasteiger partial charge in [-0.1, -0.05) is 28.1 Å². The van der Waals surface area contributed by atoms with Crippen LogP contribution in [0.1, 0.15) is 15.9 Å². The summed E-state index contributed by atoms with van der Waals surface area (Å²) in [7, 11) is 0. The lowest BCUT2D eigenvalue weighted by Gasteiger charge is -2.17. The molecule has 2 heteroatoms. The van der Waals surface area contributed by atoms with Crippen LogP contribution in [-0.4, -0.2) is 5.78 Å². The molecule has 0 spiro atoms. The van der Waals surface area contributed by atoms with E-state index in [9.17, 15) is 4.79 Å². The van der Waals surface area contributed by atoms with Crippen molar-refractivity contribution in [2.45, 2.75) is 6.42 Å². The molecule has 2 rings (SSSR count). The summed E-state index contributed by atoms with van der Waals surface area (Å²) >= 11 is 3.37. The molecule has 1 aliphatic carbocycles. The Hall–Kier alpha value is -0.630. The number of fused-ring (bicyclic) bond motifs is 1. The highest BCUT2D eigenvalue weighted by Gasteiger charge is 2.24. The third-order valence-corrected chi connectivity index (χ3v) is 2.50. The summed E-state index contributed by atoms with van der Waals surface area (Å²) in [5.74, 6) is 0.260. The van der Waals surface area contributed by atoms with Crippen molar-refractivity contribution >= 4 is 21.7 Å². The molecule has 1 aliphatic rings. The maximum absolute atomic E-state index is 10.9. The van der Waals surface area contributed by atoms with Crippen molar-refractivity contribution in [1.29, 1.82) is 0 Å². The first-order valence-electron chi connectivity index (χ1n) is 3.09. The Morgan fingerprint density at radius 3 is 2.80 bits per heavy atom. The topological polar surface area (TPSA) is 17.1 Å². The standard InChI is InChI=1S/C8H5BrO/c9-7-3-1-2-5-6(7)4-8(5)10/h1-3H,4H2. The molecule has 0 saturated carbocycles. The molecule has 1 nitrogen and oxygen atoms in total. The molecule has 0 saturated heterocycles. The van der Waals surface area contributed by atoms with Crippen LogP contribution >= 0.6 is 15.9 Å². The fourth-order valence-electron chi connectivity index (χ4n) is 1.15. The summed E-state index contributed by atoms with van der Waals surface area (Å²) < 4.78 is 1.06. The lowest BCUT2D eigenvalue weighted by molar-refractivity contribution is 0.0967. The third-order valence-electron chi connectivity index (χ3n) is 1.76. The van der Waals surface area contributed by atoms with E-state index >= 15 is 0 Å². The van der Waals surface area contributed by atoms with Crippen LogP contribution in [0.5, 0.6) is 0 Å². The molecule has 0 fully saturated rings. The smallest absolute Gasteiger partial charge is 0.167 e. The Morgan fingerprint density at radius 2 is 2.20 bits per heavy atom. The van der Waals surface area contributed by atoms with Gasteiger partial charge in [0, 0.05) is 16.5 Å². The zero-order valence-electron chi connectivity index (χ0n) is 5.23. The molecule has 0 N–H and O–H groups in total. The van der Waals surface area contributed by atoms with Gasteiger partial charge in [0.25, 0.3) is 0 Å². The quantitative estimate of drug-likeness (QED) is 0.622. The number of halogens is 1. The van der Waals surface area contributed by atoms with Crippen LogP contribution in [0.3, 0.4) is 0 Å². The minimum atomic E-state index is 0.260. The van der Waals surface area contributed by atoms with E-state index in [0.717, 1.165) is 15.6 Å².